The van der Waals surface area contributed by atoms with E-state index in [-0.39, 0.29) is 24.4 Å². The summed E-state index contributed by atoms with van der Waals surface area (Å²) in [4.78, 5) is 25.7. The molecule has 1 fully saturated rings. The van der Waals surface area contributed by atoms with Crippen molar-refractivity contribution in [3.63, 3.8) is 0 Å². The third-order valence-electron chi connectivity index (χ3n) is 3.26. The van der Waals surface area contributed by atoms with Crippen LogP contribution in [0.2, 0.25) is 0 Å². The molecule has 5 nitrogen and oxygen atoms in total. The Morgan fingerprint density at radius 2 is 2.16 bits per heavy atom. The van der Waals surface area contributed by atoms with Crippen LogP contribution in [0.25, 0.3) is 0 Å². The molecule has 19 heavy (non-hydrogen) atoms. The smallest absolute Gasteiger partial charge is 0.237 e. The summed E-state index contributed by atoms with van der Waals surface area (Å²) in [5.41, 5.74) is 1.00. The first kappa shape index (κ1) is 13.5. The average Bonchev–Trinajstić information content (AvgIpc) is 2.62. The van der Waals surface area contributed by atoms with Gasteiger partial charge in [-0.05, 0) is 12.6 Å². The quantitative estimate of drug-likeness (QED) is 0.822. The minimum absolute atomic E-state index is 0.00592. The standard InChI is InChI=1S/C14H19N3O2/c1-15-10-14(19)17-8-7-16-13(18)9-12(17)11-5-3-2-4-6-11/h2-6,12,15H,7-10H2,1H3,(H,16,18). The maximum absolute atomic E-state index is 12.2. The zero-order valence-corrected chi connectivity index (χ0v) is 11.1. The predicted octanol–water partition coefficient (Wildman–Crippen LogP) is 0.296. The molecule has 0 saturated carbocycles. The van der Waals surface area contributed by atoms with Gasteiger partial charge in [-0.3, -0.25) is 9.59 Å². The van der Waals surface area contributed by atoms with Gasteiger partial charge in [0.25, 0.3) is 0 Å². The van der Waals surface area contributed by atoms with Gasteiger partial charge < -0.3 is 15.5 Å². The van der Waals surface area contributed by atoms with Gasteiger partial charge in [-0.2, -0.15) is 0 Å². The number of benzene rings is 1. The monoisotopic (exact) mass is 261 g/mol. The van der Waals surface area contributed by atoms with E-state index >= 15 is 0 Å². The van der Waals surface area contributed by atoms with Gasteiger partial charge in [0.15, 0.2) is 0 Å². The number of hydrogen-bond acceptors (Lipinski definition) is 3. The Labute approximate surface area is 113 Å². The second-order valence-corrected chi connectivity index (χ2v) is 4.60. The van der Waals surface area contributed by atoms with E-state index in [1.807, 2.05) is 30.3 Å². The molecule has 0 spiro atoms. The van der Waals surface area contributed by atoms with E-state index in [1.165, 1.54) is 0 Å². The first-order valence-electron chi connectivity index (χ1n) is 6.48. The maximum Gasteiger partial charge on any atom is 0.237 e. The Morgan fingerprint density at radius 3 is 2.84 bits per heavy atom. The van der Waals surface area contributed by atoms with Crippen molar-refractivity contribution in [2.45, 2.75) is 12.5 Å². The third kappa shape index (κ3) is 3.32. The number of rotatable bonds is 3. The number of amides is 2. The summed E-state index contributed by atoms with van der Waals surface area (Å²) in [5.74, 6) is 0.0152. The first-order chi connectivity index (χ1) is 9.22. The van der Waals surface area contributed by atoms with Crippen LogP contribution in [0.3, 0.4) is 0 Å². The molecule has 1 atom stereocenters. The highest BCUT2D eigenvalue weighted by molar-refractivity contribution is 5.82. The lowest BCUT2D eigenvalue weighted by atomic mass is 10.0. The zero-order chi connectivity index (χ0) is 13.7. The molecule has 1 unspecified atom stereocenters. The second-order valence-electron chi connectivity index (χ2n) is 4.60. The Morgan fingerprint density at radius 1 is 1.42 bits per heavy atom. The van der Waals surface area contributed by atoms with Crippen molar-refractivity contribution in [3.05, 3.63) is 35.9 Å². The van der Waals surface area contributed by atoms with Gasteiger partial charge in [0.2, 0.25) is 11.8 Å². The van der Waals surface area contributed by atoms with E-state index in [1.54, 1.807) is 11.9 Å². The summed E-state index contributed by atoms with van der Waals surface area (Å²) in [6, 6.07) is 9.54. The molecule has 2 amide bonds. The summed E-state index contributed by atoms with van der Waals surface area (Å²) < 4.78 is 0. The van der Waals surface area contributed by atoms with E-state index < -0.39 is 0 Å². The number of nitrogens with zero attached hydrogens (tertiary/aromatic N) is 1. The summed E-state index contributed by atoms with van der Waals surface area (Å²) in [5, 5.41) is 5.69. The van der Waals surface area contributed by atoms with E-state index in [0.717, 1.165) is 5.56 Å². The fourth-order valence-corrected chi connectivity index (χ4v) is 2.35. The molecule has 2 N–H and O–H groups in total. The van der Waals surface area contributed by atoms with Crippen LogP contribution in [0.5, 0.6) is 0 Å². The van der Waals surface area contributed by atoms with Crippen LogP contribution in [-0.4, -0.2) is 43.4 Å². The summed E-state index contributed by atoms with van der Waals surface area (Å²) in [6.45, 7) is 1.35. The van der Waals surface area contributed by atoms with Crippen molar-refractivity contribution in [3.8, 4) is 0 Å². The fraction of sp³-hybridized carbons (Fsp3) is 0.429. The Bertz CT molecular complexity index is 447. The van der Waals surface area contributed by atoms with Crippen LogP contribution < -0.4 is 10.6 Å². The van der Waals surface area contributed by atoms with Gasteiger partial charge in [0.05, 0.1) is 19.0 Å². The topological polar surface area (TPSA) is 61.4 Å². The van der Waals surface area contributed by atoms with Crippen molar-refractivity contribution < 1.29 is 9.59 Å². The molecule has 102 valence electrons. The van der Waals surface area contributed by atoms with Crippen molar-refractivity contribution in [2.24, 2.45) is 0 Å². The number of carbonyl (C=O) groups is 2. The van der Waals surface area contributed by atoms with Gasteiger partial charge in [-0.25, -0.2) is 0 Å². The van der Waals surface area contributed by atoms with Crippen LogP contribution in [-0.2, 0) is 9.59 Å². The summed E-state index contributed by atoms with van der Waals surface area (Å²) in [7, 11) is 1.75. The third-order valence-corrected chi connectivity index (χ3v) is 3.26. The molecule has 1 saturated heterocycles. The fourth-order valence-electron chi connectivity index (χ4n) is 2.35. The second kappa shape index (κ2) is 6.33. The van der Waals surface area contributed by atoms with Crippen LogP contribution in [0.15, 0.2) is 30.3 Å². The molecule has 1 aliphatic heterocycles. The predicted molar refractivity (Wildman–Crippen MR) is 72.4 cm³/mol. The SMILES string of the molecule is CNCC(=O)N1CCNC(=O)CC1c1ccccc1. The number of likely N-dealkylation sites (N-methyl/N-ethyl adjacent to an activating group) is 1. The highest BCUT2D eigenvalue weighted by Crippen LogP contribution is 2.25. The number of carbonyl (C=O) groups excluding carboxylic acids is 2. The zero-order valence-electron chi connectivity index (χ0n) is 11.1. The molecular formula is C14H19N3O2. The first-order valence-corrected chi connectivity index (χ1v) is 6.48. The van der Waals surface area contributed by atoms with E-state index in [9.17, 15) is 9.59 Å². The minimum atomic E-state index is -0.176. The molecule has 1 aliphatic rings. The molecule has 0 aromatic heterocycles. The van der Waals surface area contributed by atoms with Crippen LogP contribution in [0.4, 0.5) is 0 Å². The van der Waals surface area contributed by atoms with Crippen LogP contribution in [0, 0.1) is 0 Å². The summed E-state index contributed by atoms with van der Waals surface area (Å²) in [6.07, 6.45) is 0.319. The van der Waals surface area contributed by atoms with Crippen molar-refractivity contribution in [1.29, 1.82) is 0 Å². The van der Waals surface area contributed by atoms with Crippen molar-refractivity contribution >= 4 is 11.8 Å². The number of hydrogen-bond donors (Lipinski definition) is 2. The van der Waals surface area contributed by atoms with Gasteiger partial charge in [-0.15, -0.1) is 0 Å². The highest BCUT2D eigenvalue weighted by Gasteiger charge is 2.29. The van der Waals surface area contributed by atoms with Crippen molar-refractivity contribution in [1.82, 2.24) is 15.5 Å². The molecule has 2 rings (SSSR count). The van der Waals surface area contributed by atoms with Gasteiger partial charge >= 0.3 is 0 Å². The lowest BCUT2D eigenvalue weighted by Crippen LogP contribution is -2.41. The normalized spacial score (nSPS) is 19.7. The highest BCUT2D eigenvalue weighted by atomic mass is 16.2. The number of nitrogens with one attached hydrogen (secondary N) is 2. The molecular weight excluding hydrogens is 242 g/mol. The lowest BCUT2D eigenvalue weighted by Gasteiger charge is -2.29. The van der Waals surface area contributed by atoms with E-state index in [2.05, 4.69) is 10.6 Å². The lowest BCUT2D eigenvalue weighted by molar-refractivity contribution is -0.132. The van der Waals surface area contributed by atoms with Gasteiger partial charge in [0, 0.05) is 13.1 Å². The van der Waals surface area contributed by atoms with Crippen LogP contribution in [0.1, 0.15) is 18.0 Å². The average molecular weight is 261 g/mol. The van der Waals surface area contributed by atoms with Gasteiger partial charge in [0.1, 0.15) is 0 Å². The molecule has 5 heteroatoms. The minimum Gasteiger partial charge on any atom is -0.354 e. The van der Waals surface area contributed by atoms with Gasteiger partial charge in [-0.1, -0.05) is 30.3 Å². The molecule has 0 radical (unpaired) electrons. The van der Waals surface area contributed by atoms with Crippen molar-refractivity contribution in [2.75, 3.05) is 26.7 Å². The molecule has 1 aromatic carbocycles. The maximum atomic E-state index is 12.2. The Balaban J connectivity index is 2.26. The molecule has 0 bridgehead atoms. The Hall–Kier alpha value is -1.88. The molecule has 1 aromatic rings. The van der Waals surface area contributed by atoms with E-state index in [0.29, 0.717) is 19.5 Å². The molecule has 1 heterocycles. The Kier molecular flexibility index (Phi) is 4.52. The summed E-state index contributed by atoms with van der Waals surface area (Å²) >= 11 is 0. The molecule has 0 aliphatic carbocycles. The largest absolute Gasteiger partial charge is 0.354 e. The van der Waals surface area contributed by atoms with Crippen LogP contribution >= 0.6 is 0 Å². The van der Waals surface area contributed by atoms with E-state index in [4.69, 9.17) is 0 Å².